The van der Waals surface area contributed by atoms with Crippen LogP contribution >= 0.6 is 11.3 Å². The molecule has 0 saturated heterocycles. The third kappa shape index (κ3) is 2.84. The maximum atomic E-state index is 4.48. The van der Waals surface area contributed by atoms with Crippen LogP contribution in [0.3, 0.4) is 0 Å². The maximum absolute atomic E-state index is 4.48. The molecule has 0 bridgehead atoms. The van der Waals surface area contributed by atoms with E-state index in [-0.39, 0.29) is 0 Å². The van der Waals surface area contributed by atoms with Crippen molar-refractivity contribution in [1.29, 1.82) is 0 Å². The Morgan fingerprint density at radius 2 is 2.31 bits per heavy atom. The van der Waals surface area contributed by atoms with Gasteiger partial charge in [-0.15, -0.1) is 11.3 Å². The maximum Gasteiger partial charge on any atom is 0.171 e. The lowest BCUT2D eigenvalue weighted by Gasteiger charge is -2.07. The zero-order chi connectivity index (χ0) is 11.4. The van der Waals surface area contributed by atoms with Crippen molar-refractivity contribution < 1.29 is 0 Å². The fourth-order valence-electron chi connectivity index (χ4n) is 1.25. The Hall–Kier alpha value is -1.33. The molecule has 0 atom stereocenters. The Balaban J connectivity index is 2.14. The molecule has 0 aliphatic heterocycles. The van der Waals surface area contributed by atoms with E-state index in [1.54, 1.807) is 29.2 Å². The Morgan fingerprint density at radius 3 is 3.00 bits per heavy atom. The zero-order valence-electron chi connectivity index (χ0n) is 9.34. The van der Waals surface area contributed by atoms with E-state index in [9.17, 15) is 0 Å². The average molecular weight is 234 g/mol. The van der Waals surface area contributed by atoms with Crippen LogP contribution in [-0.4, -0.2) is 21.0 Å². The summed E-state index contributed by atoms with van der Waals surface area (Å²) < 4.78 is 0. The monoisotopic (exact) mass is 234 g/mol. The molecule has 2 aromatic heterocycles. The molecule has 2 heterocycles. The molecule has 0 aliphatic rings. The summed E-state index contributed by atoms with van der Waals surface area (Å²) in [5, 5.41) is 3.33. The molecule has 4 nitrogen and oxygen atoms in total. The summed E-state index contributed by atoms with van der Waals surface area (Å²) in [6.07, 6.45) is 3.58. The minimum Gasteiger partial charge on any atom is -0.309 e. The number of nitrogens with one attached hydrogen (secondary N) is 1. The smallest absolute Gasteiger partial charge is 0.171 e. The normalized spacial score (nSPS) is 10.9. The molecule has 0 fully saturated rings. The van der Waals surface area contributed by atoms with Crippen LogP contribution in [0.2, 0.25) is 0 Å². The highest BCUT2D eigenvalue weighted by molar-refractivity contribution is 7.13. The summed E-state index contributed by atoms with van der Waals surface area (Å²) in [6, 6.07) is 2.39. The molecule has 0 aromatic carbocycles. The molecule has 2 rings (SSSR count). The van der Waals surface area contributed by atoms with Crippen molar-refractivity contribution in [2.45, 2.75) is 26.4 Å². The lowest BCUT2D eigenvalue weighted by atomic mass is 10.3. The molecule has 0 radical (unpaired) electrons. The first kappa shape index (κ1) is 11.2. The van der Waals surface area contributed by atoms with Gasteiger partial charge in [0.1, 0.15) is 0 Å². The number of nitrogens with zero attached hydrogens (tertiary/aromatic N) is 3. The summed E-state index contributed by atoms with van der Waals surface area (Å²) in [7, 11) is 0. The topological polar surface area (TPSA) is 50.7 Å². The second-order valence-electron chi connectivity index (χ2n) is 3.77. The Bertz CT molecular complexity index is 439. The van der Waals surface area contributed by atoms with Crippen LogP contribution in [-0.2, 0) is 6.54 Å². The van der Waals surface area contributed by atoms with Gasteiger partial charge in [0.2, 0.25) is 0 Å². The molecule has 0 amide bonds. The highest BCUT2D eigenvalue weighted by atomic mass is 32.1. The van der Waals surface area contributed by atoms with Crippen LogP contribution in [0.25, 0.3) is 10.7 Å². The largest absolute Gasteiger partial charge is 0.309 e. The van der Waals surface area contributed by atoms with Crippen LogP contribution in [0.5, 0.6) is 0 Å². The summed E-state index contributed by atoms with van der Waals surface area (Å²) in [4.78, 5) is 13.8. The first-order chi connectivity index (χ1) is 7.75. The minimum atomic E-state index is 0.460. The summed E-state index contributed by atoms with van der Waals surface area (Å²) in [5.41, 5.74) is 2.80. The van der Waals surface area contributed by atoms with Gasteiger partial charge in [-0.2, -0.15) is 0 Å². The van der Waals surface area contributed by atoms with Crippen LogP contribution in [0, 0.1) is 0 Å². The molecule has 0 spiro atoms. The highest BCUT2D eigenvalue weighted by Gasteiger charge is 2.04. The number of hydrogen-bond donors (Lipinski definition) is 1. The quantitative estimate of drug-likeness (QED) is 0.880. The standard InChI is InChI=1S/C11H14N4S/c1-8(2)14-5-9-3-4-13-11(15-9)10-6-12-7-16-10/h3-4,6-8,14H,5H2,1-2H3. The number of thiazole rings is 1. The molecule has 0 aliphatic carbocycles. The van der Waals surface area contributed by atoms with E-state index < -0.39 is 0 Å². The van der Waals surface area contributed by atoms with Crippen molar-refractivity contribution >= 4 is 11.3 Å². The van der Waals surface area contributed by atoms with Gasteiger partial charge in [-0.1, -0.05) is 13.8 Å². The molecule has 0 unspecified atom stereocenters. The van der Waals surface area contributed by atoms with Gasteiger partial charge in [0.25, 0.3) is 0 Å². The van der Waals surface area contributed by atoms with Crippen LogP contribution < -0.4 is 5.32 Å². The van der Waals surface area contributed by atoms with Crippen LogP contribution in [0.4, 0.5) is 0 Å². The van der Waals surface area contributed by atoms with Crippen molar-refractivity contribution in [3.05, 3.63) is 29.7 Å². The van der Waals surface area contributed by atoms with Crippen LogP contribution in [0.1, 0.15) is 19.5 Å². The average Bonchev–Trinajstić information content (AvgIpc) is 2.80. The first-order valence-corrected chi connectivity index (χ1v) is 6.08. The van der Waals surface area contributed by atoms with Gasteiger partial charge in [0.05, 0.1) is 16.1 Å². The van der Waals surface area contributed by atoms with Gasteiger partial charge in [-0.3, -0.25) is 4.98 Å². The second kappa shape index (κ2) is 5.14. The molecule has 1 N–H and O–H groups in total. The van der Waals surface area contributed by atoms with Gasteiger partial charge in [0.15, 0.2) is 5.82 Å². The zero-order valence-corrected chi connectivity index (χ0v) is 10.2. The lowest BCUT2D eigenvalue weighted by Crippen LogP contribution is -2.22. The van der Waals surface area contributed by atoms with E-state index in [1.165, 1.54) is 0 Å². The second-order valence-corrected chi connectivity index (χ2v) is 4.66. The summed E-state index contributed by atoms with van der Waals surface area (Å²) in [5.74, 6) is 0.755. The van der Waals surface area contributed by atoms with Gasteiger partial charge in [-0.25, -0.2) is 9.97 Å². The van der Waals surface area contributed by atoms with E-state index in [1.807, 2.05) is 6.07 Å². The third-order valence-electron chi connectivity index (χ3n) is 2.06. The van der Waals surface area contributed by atoms with E-state index in [2.05, 4.69) is 34.1 Å². The SMILES string of the molecule is CC(C)NCc1ccnc(-c2cncs2)n1. The van der Waals surface area contributed by atoms with Crippen molar-refractivity contribution in [3.8, 4) is 10.7 Å². The van der Waals surface area contributed by atoms with Gasteiger partial charge in [0, 0.05) is 25.0 Å². The molecular formula is C11H14N4S. The Kier molecular flexibility index (Phi) is 3.58. The fraction of sp³-hybridized carbons (Fsp3) is 0.364. The summed E-state index contributed by atoms with van der Waals surface area (Å²) >= 11 is 1.55. The highest BCUT2D eigenvalue weighted by Crippen LogP contribution is 2.18. The minimum absolute atomic E-state index is 0.460. The van der Waals surface area contributed by atoms with E-state index in [0.717, 1.165) is 22.9 Å². The van der Waals surface area contributed by atoms with Crippen molar-refractivity contribution in [1.82, 2.24) is 20.3 Å². The summed E-state index contributed by atoms with van der Waals surface area (Å²) in [6.45, 7) is 5.00. The molecule has 16 heavy (non-hydrogen) atoms. The lowest BCUT2D eigenvalue weighted by molar-refractivity contribution is 0.581. The number of aromatic nitrogens is 3. The number of hydrogen-bond acceptors (Lipinski definition) is 5. The molecule has 0 saturated carbocycles. The molecule has 2 aromatic rings. The van der Waals surface area contributed by atoms with Gasteiger partial charge >= 0.3 is 0 Å². The Labute approximate surface area is 98.8 Å². The molecule has 5 heteroatoms. The fourth-order valence-corrected chi connectivity index (χ4v) is 1.81. The Morgan fingerprint density at radius 1 is 1.44 bits per heavy atom. The van der Waals surface area contributed by atoms with Crippen molar-refractivity contribution in [2.75, 3.05) is 0 Å². The molecule has 84 valence electrons. The van der Waals surface area contributed by atoms with Gasteiger partial charge in [-0.05, 0) is 6.07 Å². The van der Waals surface area contributed by atoms with Gasteiger partial charge < -0.3 is 5.32 Å². The van der Waals surface area contributed by atoms with E-state index in [4.69, 9.17) is 0 Å². The van der Waals surface area contributed by atoms with E-state index >= 15 is 0 Å². The van der Waals surface area contributed by atoms with Crippen molar-refractivity contribution in [2.24, 2.45) is 0 Å². The first-order valence-electron chi connectivity index (χ1n) is 5.20. The van der Waals surface area contributed by atoms with Crippen molar-refractivity contribution in [3.63, 3.8) is 0 Å². The third-order valence-corrected chi connectivity index (χ3v) is 2.83. The van der Waals surface area contributed by atoms with E-state index in [0.29, 0.717) is 6.04 Å². The number of rotatable bonds is 4. The predicted octanol–water partition coefficient (Wildman–Crippen LogP) is 2.10. The molecular weight excluding hydrogens is 220 g/mol. The predicted molar refractivity (Wildman–Crippen MR) is 65.1 cm³/mol. The van der Waals surface area contributed by atoms with Crippen LogP contribution in [0.15, 0.2) is 24.0 Å².